The van der Waals surface area contributed by atoms with Crippen molar-refractivity contribution in [2.24, 2.45) is 0 Å². The quantitative estimate of drug-likeness (QED) is 0.441. The van der Waals surface area contributed by atoms with E-state index < -0.39 is 0 Å². The van der Waals surface area contributed by atoms with Crippen LogP contribution in [0.3, 0.4) is 0 Å². The molecule has 0 N–H and O–H groups in total. The molecular weight excluding hydrogens is 91.0 g/mol. The van der Waals surface area contributed by atoms with Crippen molar-refractivity contribution in [3.8, 4) is 0 Å². The lowest BCUT2D eigenvalue weighted by atomic mass is 10.6. The summed E-state index contributed by atoms with van der Waals surface area (Å²) in [6.45, 7) is 7.74. The minimum atomic E-state index is 0.697. The molecule has 34 valence electrons. The van der Waals surface area contributed by atoms with Gasteiger partial charge in [0.05, 0.1) is 0 Å². The molecule has 0 saturated carbocycles. The van der Waals surface area contributed by atoms with Crippen molar-refractivity contribution in [3.63, 3.8) is 0 Å². The Morgan fingerprint density at radius 3 is 2.17 bits per heavy atom. The summed E-state index contributed by atoms with van der Waals surface area (Å²) in [6, 6.07) is 0. The Labute approximate surface area is 40.7 Å². The molecule has 0 aliphatic carbocycles. The topological polar surface area (TPSA) is 0 Å². The summed E-state index contributed by atoms with van der Waals surface area (Å²) < 4.78 is 0. The molecule has 0 aromatic heterocycles. The molecule has 0 aliphatic heterocycles. The molecule has 0 fully saturated rings. The highest BCUT2D eigenvalue weighted by atomic mass is 31.1. The molecule has 0 heterocycles. The first-order valence-corrected chi connectivity index (χ1v) is 2.95. The maximum Gasteiger partial charge on any atom is 0.00265 e. The van der Waals surface area contributed by atoms with Gasteiger partial charge in [-0.2, -0.15) is 0 Å². The maximum atomic E-state index is 3.46. The summed E-state index contributed by atoms with van der Waals surface area (Å²) in [6.07, 6.45) is 0. The summed E-state index contributed by atoms with van der Waals surface area (Å²) in [5, 5.41) is 0. The third-order valence-electron chi connectivity index (χ3n) is 0.349. The predicted molar refractivity (Wildman–Crippen MR) is 32.7 cm³/mol. The summed E-state index contributed by atoms with van der Waals surface area (Å²) in [5.41, 5.74) is 3.49. The Hall–Kier alpha value is -0.0500. The van der Waals surface area contributed by atoms with Gasteiger partial charge in [-0.3, -0.25) is 0 Å². The van der Waals surface area contributed by atoms with E-state index in [4.69, 9.17) is 0 Å². The minimum absolute atomic E-state index is 0.697. The molecule has 6 heavy (non-hydrogen) atoms. The molecule has 1 heteroatoms. The SMILES string of the molecule is C=C=PC(C)C. The molecule has 0 amide bonds. The number of hydrogen-bond donors (Lipinski definition) is 0. The minimum Gasteiger partial charge on any atom is -0.101 e. The lowest BCUT2D eigenvalue weighted by molar-refractivity contribution is 1.12. The van der Waals surface area contributed by atoms with Crippen LogP contribution in [0.4, 0.5) is 0 Å². The molecule has 0 aromatic carbocycles. The number of rotatable bonds is 1. The Bertz CT molecular complexity index is 68.0. The zero-order valence-corrected chi connectivity index (χ0v) is 5.13. The second-order valence-electron chi connectivity index (χ2n) is 1.38. The summed E-state index contributed by atoms with van der Waals surface area (Å²) >= 11 is 0. The van der Waals surface area contributed by atoms with Gasteiger partial charge in [-0.05, 0) is 0 Å². The van der Waals surface area contributed by atoms with Crippen molar-refractivity contribution in [1.29, 1.82) is 0 Å². The largest absolute Gasteiger partial charge is 0.101 e. The van der Waals surface area contributed by atoms with Crippen molar-refractivity contribution in [2.45, 2.75) is 19.5 Å². The van der Waals surface area contributed by atoms with Crippen molar-refractivity contribution >= 4 is 13.7 Å². The third kappa shape index (κ3) is 3.95. The van der Waals surface area contributed by atoms with Gasteiger partial charge in [-0.1, -0.05) is 28.6 Å². The maximum absolute atomic E-state index is 3.46. The van der Waals surface area contributed by atoms with Gasteiger partial charge in [0, 0.05) is 5.66 Å². The van der Waals surface area contributed by atoms with Gasteiger partial charge in [0.15, 0.2) is 0 Å². The monoisotopic (exact) mass is 100 g/mol. The van der Waals surface area contributed by atoms with E-state index in [0.717, 1.165) is 0 Å². The van der Waals surface area contributed by atoms with Crippen molar-refractivity contribution in [1.82, 2.24) is 0 Å². The normalized spacial score (nSPS) is 9.17. The van der Waals surface area contributed by atoms with Crippen LogP contribution in [0, 0.1) is 0 Å². The van der Waals surface area contributed by atoms with Gasteiger partial charge < -0.3 is 0 Å². The predicted octanol–water partition coefficient (Wildman–Crippen LogP) is 1.93. The van der Waals surface area contributed by atoms with E-state index in [1.165, 1.54) is 8.20 Å². The second-order valence-corrected chi connectivity index (χ2v) is 2.99. The Balaban J connectivity index is 3.29. The molecule has 0 spiro atoms. The fourth-order valence-corrected chi connectivity index (χ4v) is 0.548. The van der Waals surface area contributed by atoms with Crippen LogP contribution in [-0.4, -0.2) is 11.1 Å². The summed E-state index contributed by atoms with van der Waals surface area (Å²) in [4.78, 5) is 0. The van der Waals surface area contributed by atoms with Crippen LogP contribution in [0.5, 0.6) is 0 Å². The lowest BCUT2D eigenvalue weighted by Gasteiger charge is -1.82. The molecule has 0 atom stereocenters. The third-order valence-corrected chi connectivity index (χ3v) is 1.05. The van der Waals surface area contributed by atoms with Crippen LogP contribution in [0.15, 0.2) is 6.58 Å². The van der Waals surface area contributed by atoms with E-state index in [0.29, 0.717) is 5.66 Å². The van der Waals surface area contributed by atoms with Crippen LogP contribution in [-0.2, 0) is 0 Å². The fraction of sp³-hybridized carbons (Fsp3) is 0.600. The van der Waals surface area contributed by atoms with E-state index in [9.17, 15) is 0 Å². The van der Waals surface area contributed by atoms with Crippen molar-refractivity contribution in [2.75, 3.05) is 0 Å². The summed E-state index contributed by atoms with van der Waals surface area (Å²) in [7, 11) is 1.22. The van der Waals surface area contributed by atoms with Crippen LogP contribution >= 0.6 is 8.20 Å². The molecule has 0 nitrogen and oxygen atoms in total. The van der Waals surface area contributed by atoms with Gasteiger partial charge in [-0.15, -0.1) is 5.45 Å². The number of hydrogen-bond acceptors (Lipinski definition) is 0. The molecule has 0 radical (unpaired) electrons. The fourth-order valence-electron chi connectivity index (χ4n) is 0.183. The van der Waals surface area contributed by atoms with E-state index >= 15 is 0 Å². The average molecular weight is 100 g/mol. The van der Waals surface area contributed by atoms with Gasteiger partial charge in [0.2, 0.25) is 0 Å². The molecule has 0 aliphatic rings. The second kappa shape index (κ2) is 3.15. The van der Waals surface area contributed by atoms with E-state index in [2.05, 4.69) is 25.9 Å². The van der Waals surface area contributed by atoms with E-state index in [1.807, 2.05) is 0 Å². The molecule has 0 bridgehead atoms. The van der Waals surface area contributed by atoms with E-state index in [1.54, 1.807) is 0 Å². The average Bonchev–Trinajstić information content (AvgIpc) is 1.35. The smallest absolute Gasteiger partial charge is 0.00265 e. The lowest BCUT2D eigenvalue weighted by Crippen LogP contribution is -1.73. The van der Waals surface area contributed by atoms with E-state index in [-0.39, 0.29) is 0 Å². The molecular formula is C5H9P. The van der Waals surface area contributed by atoms with Gasteiger partial charge in [0.1, 0.15) is 0 Å². The zero-order chi connectivity index (χ0) is 4.99. The molecule has 0 saturated heterocycles. The van der Waals surface area contributed by atoms with Crippen LogP contribution in [0.2, 0.25) is 0 Å². The van der Waals surface area contributed by atoms with Gasteiger partial charge in [0.25, 0.3) is 0 Å². The standard InChI is InChI=1S/C5H9P/c1-4-6-5(2)3/h5H,1H2,2-3H3. The Morgan fingerprint density at radius 1 is 1.67 bits per heavy atom. The molecule has 0 rings (SSSR count). The Kier molecular flexibility index (Phi) is 3.13. The van der Waals surface area contributed by atoms with Crippen molar-refractivity contribution in [3.05, 3.63) is 6.58 Å². The van der Waals surface area contributed by atoms with Crippen molar-refractivity contribution < 1.29 is 0 Å². The highest BCUT2D eigenvalue weighted by Crippen LogP contribution is 2.00. The Morgan fingerprint density at radius 2 is 2.17 bits per heavy atom. The zero-order valence-electron chi connectivity index (χ0n) is 4.23. The van der Waals surface area contributed by atoms with Crippen LogP contribution in [0.1, 0.15) is 13.8 Å². The molecule has 0 unspecified atom stereocenters. The molecule has 0 aromatic rings. The highest BCUT2D eigenvalue weighted by molar-refractivity contribution is 7.38. The first-order chi connectivity index (χ1) is 2.77. The summed E-state index contributed by atoms with van der Waals surface area (Å²) in [5.74, 6) is 0. The first kappa shape index (κ1) is 5.95. The van der Waals surface area contributed by atoms with Gasteiger partial charge >= 0.3 is 0 Å². The highest BCUT2D eigenvalue weighted by Gasteiger charge is 1.77. The van der Waals surface area contributed by atoms with Crippen LogP contribution in [0.25, 0.3) is 0 Å². The van der Waals surface area contributed by atoms with Gasteiger partial charge in [-0.25, -0.2) is 0 Å². The van der Waals surface area contributed by atoms with Crippen LogP contribution < -0.4 is 0 Å². The first-order valence-electron chi connectivity index (χ1n) is 1.99.